The second kappa shape index (κ2) is 4.37. The molecule has 0 amide bonds. The number of hydrogen-bond acceptors (Lipinski definition) is 4. The highest BCUT2D eigenvalue weighted by Gasteiger charge is 2.25. The Morgan fingerprint density at radius 1 is 1.56 bits per heavy atom. The fourth-order valence-corrected chi connectivity index (χ4v) is 3.26. The van der Waals surface area contributed by atoms with Crippen molar-refractivity contribution in [2.24, 2.45) is 0 Å². The van der Waals surface area contributed by atoms with Gasteiger partial charge in [-0.25, -0.2) is 9.78 Å². The Kier molecular flexibility index (Phi) is 2.84. The number of hydrogen-bond donors (Lipinski definition) is 0. The zero-order chi connectivity index (χ0) is 12.7. The average molecular weight is 280 g/mol. The standard InChI is InChI=1S/C13H10ClNO2S/c1-2-17-13(16)12-15-11-9-4-3-8(14)5-7(9)6-10(11)18-12/h3-5H,2,6H2,1H3. The van der Waals surface area contributed by atoms with Crippen LogP contribution in [-0.4, -0.2) is 17.6 Å². The molecule has 1 aromatic heterocycles. The number of carbonyl (C=O) groups is 1. The Hall–Kier alpha value is -1.39. The van der Waals surface area contributed by atoms with E-state index in [1.807, 2.05) is 18.2 Å². The zero-order valence-corrected chi connectivity index (χ0v) is 11.3. The van der Waals surface area contributed by atoms with Gasteiger partial charge in [0.2, 0.25) is 5.01 Å². The molecule has 0 bridgehead atoms. The molecule has 1 aromatic carbocycles. The second-order valence-electron chi connectivity index (χ2n) is 3.99. The Morgan fingerprint density at radius 2 is 2.39 bits per heavy atom. The molecule has 18 heavy (non-hydrogen) atoms. The molecular weight excluding hydrogens is 270 g/mol. The maximum Gasteiger partial charge on any atom is 0.367 e. The molecule has 1 aliphatic carbocycles. The Bertz CT molecular complexity index is 636. The van der Waals surface area contributed by atoms with E-state index in [1.54, 1.807) is 6.92 Å². The number of thiazole rings is 1. The highest BCUT2D eigenvalue weighted by atomic mass is 35.5. The third kappa shape index (κ3) is 1.82. The molecule has 0 saturated carbocycles. The van der Waals surface area contributed by atoms with Crippen LogP contribution in [0, 0.1) is 0 Å². The normalized spacial score (nSPS) is 12.1. The lowest BCUT2D eigenvalue weighted by Gasteiger charge is -2.00. The van der Waals surface area contributed by atoms with Crippen LogP contribution in [0.3, 0.4) is 0 Å². The lowest BCUT2D eigenvalue weighted by Crippen LogP contribution is -2.03. The molecule has 1 aliphatic rings. The first-order valence-corrected chi connectivity index (χ1v) is 6.84. The lowest BCUT2D eigenvalue weighted by molar-refractivity contribution is 0.0526. The third-order valence-corrected chi connectivity index (χ3v) is 4.09. The maximum atomic E-state index is 11.6. The summed E-state index contributed by atoms with van der Waals surface area (Å²) in [6, 6.07) is 5.76. The average Bonchev–Trinajstić information content (AvgIpc) is 2.85. The van der Waals surface area contributed by atoms with Gasteiger partial charge in [0.05, 0.1) is 12.3 Å². The van der Waals surface area contributed by atoms with Crippen LogP contribution in [0.25, 0.3) is 11.3 Å². The molecule has 0 unspecified atom stereocenters. The number of esters is 1. The molecule has 2 aromatic rings. The van der Waals surface area contributed by atoms with Gasteiger partial charge in [-0.15, -0.1) is 11.3 Å². The van der Waals surface area contributed by atoms with Crippen molar-refractivity contribution in [1.82, 2.24) is 4.98 Å². The van der Waals surface area contributed by atoms with Crippen molar-refractivity contribution in [2.75, 3.05) is 6.61 Å². The van der Waals surface area contributed by atoms with Crippen molar-refractivity contribution in [3.05, 3.63) is 38.7 Å². The predicted octanol–water partition coefficient (Wildman–Crippen LogP) is 3.54. The quantitative estimate of drug-likeness (QED) is 0.674. The molecule has 0 fully saturated rings. The second-order valence-corrected chi connectivity index (χ2v) is 5.51. The van der Waals surface area contributed by atoms with Gasteiger partial charge in [-0.2, -0.15) is 0 Å². The number of ether oxygens (including phenoxy) is 1. The third-order valence-electron chi connectivity index (χ3n) is 2.82. The predicted molar refractivity (Wildman–Crippen MR) is 71.3 cm³/mol. The van der Waals surface area contributed by atoms with Crippen LogP contribution < -0.4 is 0 Å². The summed E-state index contributed by atoms with van der Waals surface area (Å²) < 4.78 is 4.96. The summed E-state index contributed by atoms with van der Waals surface area (Å²) in [5.74, 6) is -0.340. The molecule has 0 spiro atoms. The van der Waals surface area contributed by atoms with Gasteiger partial charge in [-0.1, -0.05) is 17.7 Å². The smallest absolute Gasteiger partial charge is 0.367 e. The number of halogens is 1. The van der Waals surface area contributed by atoms with Gasteiger partial charge in [0.15, 0.2) is 0 Å². The van der Waals surface area contributed by atoms with E-state index in [1.165, 1.54) is 16.9 Å². The van der Waals surface area contributed by atoms with E-state index in [0.29, 0.717) is 11.6 Å². The molecule has 0 atom stereocenters. The monoisotopic (exact) mass is 279 g/mol. The van der Waals surface area contributed by atoms with E-state index >= 15 is 0 Å². The SMILES string of the molecule is CCOC(=O)c1nc2c(s1)Cc1cc(Cl)ccc1-2. The van der Waals surface area contributed by atoms with E-state index in [2.05, 4.69) is 4.98 Å². The van der Waals surface area contributed by atoms with E-state index < -0.39 is 0 Å². The summed E-state index contributed by atoms with van der Waals surface area (Å²) >= 11 is 7.37. The minimum atomic E-state index is -0.340. The van der Waals surface area contributed by atoms with Crippen molar-refractivity contribution >= 4 is 28.9 Å². The molecule has 0 radical (unpaired) electrons. The summed E-state index contributed by atoms with van der Waals surface area (Å²) in [5.41, 5.74) is 3.14. The number of carbonyl (C=O) groups excluding carboxylic acids is 1. The number of aromatic nitrogens is 1. The van der Waals surface area contributed by atoms with Crippen LogP contribution in [0.1, 0.15) is 27.2 Å². The molecule has 92 valence electrons. The Balaban J connectivity index is 2.00. The summed E-state index contributed by atoms with van der Waals surface area (Å²) in [6.07, 6.45) is 0.794. The molecule has 1 heterocycles. The minimum absolute atomic E-state index is 0.340. The van der Waals surface area contributed by atoms with Gasteiger partial charge in [0.25, 0.3) is 0 Å². The molecule has 5 heteroatoms. The molecule has 0 aliphatic heterocycles. The van der Waals surface area contributed by atoms with Crippen molar-refractivity contribution in [3.63, 3.8) is 0 Å². The van der Waals surface area contributed by atoms with Gasteiger partial charge in [-0.3, -0.25) is 0 Å². The van der Waals surface area contributed by atoms with E-state index in [9.17, 15) is 4.79 Å². The van der Waals surface area contributed by atoms with Gasteiger partial charge < -0.3 is 4.74 Å². The van der Waals surface area contributed by atoms with Crippen LogP contribution in [-0.2, 0) is 11.2 Å². The Labute approximate surface area is 113 Å². The number of nitrogens with zero attached hydrogens (tertiary/aromatic N) is 1. The fourth-order valence-electron chi connectivity index (χ4n) is 2.07. The van der Waals surface area contributed by atoms with Gasteiger partial charge >= 0.3 is 5.97 Å². The summed E-state index contributed by atoms with van der Waals surface area (Å²) in [6.45, 7) is 2.16. The van der Waals surface area contributed by atoms with E-state index in [0.717, 1.165) is 27.6 Å². The van der Waals surface area contributed by atoms with Crippen molar-refractivity contribution in [1.29, 1.82) is 0 Å². The number of fused-ring (bicyclic) bond motifs is 3. The van der Waals surface area contributed by atoms with Crippen LogP contribution in [0.2, 0.25) is 5.02 Å². The van der Waals surface area contributed by atoms with Crippen molar-refractivity contribution in [2.45, 2.75) is 13.3 Å². The maximum absolute atomic E-state index is 11.6. The summed E-state index contributed by atoms with van der Waals surface area (Å²) in [5, 5.41) is 1.16. The Morgan fingerprint density at radius 3 is 3.17 bits per heavy atom. The summed E-state index contributed by atoms with van der Waals surface area (Å²) in [4.78, 5) is 17.1. The zero-order valence-electron chi connectivity index (χ0n) is 9.70. The van der Waals surface area contributed by atoms with Gasteiger partial charge in [0.1, 0.15) is 0 Å². The lowest BCUT2D eigenvalue weighted by atomic mass is 10.1. The summed E-state index contributed by atoms with van der Waals surface area (Å²) in [7, 11) is 0. The van der Waals surface area contributed by atoms with Crippen molar-refractivity contribution in [3.8, 4) is 11.3 Å². The first kappa shape index (κ1) is 11.7. The van der Waals surface area contributed by atoms with Crippen LogP contribution >= 0.6 is 22.9 Å². The van der Waals surface area contributed by atoms with Gasteiger partial charge in [-0.05, 0) is 24.6 Å². The van der Waals surface area contributed by atoms with Crippen molar-refractivity contribution < 1.29 is 9.53 Å². The highest BCUT2D eigenvalue weighted by molar-refractivity contribution is 7.14. The molecule has 0 saturated heterocycles. The first-order valence-electron chi connectivity index (χ1n) is 5.64. The highest BCUT2D eigenvalue weighted by Crippen LogP contribution is 2.40. The van der Waals surface area contributed by atoms with Gasteiger partial charge in [0, 0.05) is 21.9 Å². The molecule has 3 nitrogen and oxygen atoms in total. The fraction of sp³-hybridized carbons (Fsp3) is 0.231. The largest absolute Gasteiger partial charge is 0.461 e. The van der Waals surface area contributed by atoms with E-state index in [-0.39, 0.29) is 5.97 Å². The number of rotatable bonds is 2. The van der Waals surface area contributed by atoms with Crippen LogP contribution in [0.5, 0.6) is 0 Å². The molecule has 0 N–H and O–H groups in total. The van der Waals surface area contributed by atoms with Crippen LogP contribution in [0.15, 0.2) is 18.2 Å². The van der Waals surface area contributed by atoms with E-state index in [4.69, 9.17) is 16.3 Å². The van der Waals surface area contributed by atoms with Crippen LogP contribution in [0.4, 0.5) is 0 Å². The topological polar surface area (TPSA) is 39.2 Å². The first-order chi connectivity index (χ1) is 8.69. The molecular formula is C13H10ClNO2S. The molecule has 3 rings (SSSR count). The number of benzene rings is 1. The minimum Gasteiger partial charge on any atom is -0.461 e.